The fourth-order valence-electron chi connectivity index (χ4n) is 2.61. The van der Waals surface area contributed by atoms with E-state index in [-0.39, 0.29) is 5.78 Å². The third-order valence-electron chi connectivity index (χ3n) is 3.93. The first kappa shape index (κ1) is 16.4. The van der Waals surface area contributed by atoms with Gasteiger partial charge >= 0.3 is 0 Å². The van der Waals surface area contributed by atoms with Gasteiger partial charge < -0.3 is 5.11 Å². The Balaban J connectivity index is 2.26. The maximum absolute atomic E-state index is 11.7. The minimum absolute atomic E-state index is 0.0611. The van der Waals surface area contributed by atoms with E-state index in [9.17, 15) is 9.90 Å². The maximum Gasteiger partial charge on any atom is 0.161 e. The van der Waals surface area contributed by atoms with Crippen LogP contribution < -0.4 is 0 Å². The molecule has 110 valence electrons. The highest BCUT2D eigenvalue weighted by molar-refractivity contribution is 5.82. The van der Waals surface area contributed by atoms with Gasteiger partial charge in [0.2, 0.25) is 0 Å². The van der Waals surface area contributed by atoms with Gasteiger partial charge in [-0.15, -0.1) is 0 Å². The number of aliphatic hydroxyl groups is 1. The monoisotopic (exact) mass is 266 g/mol. The molecule has 2 nitrogen and oxygen atoms in total. The smallest absolute Gasteiger partial charge is 0.161 e. The van der Waals surface area contributed by atoms with Gasteiger partial charge in [-0.3, -0.25) is 4.79 Å². The molecule has 1 aliphatic rings. The van der Waals surface area contributed by atoms with Crippen molar-refractivity contribution in [1.29, 1.82) is 0 Å². The molecule has 1 atom stereocenters. The Morgan fingerprint density at radius 3 is 2.00 bits per heavy atom. The molecule has 0 saturated heterocycles. The zero-order valence-corrected chi connectivity index (χ0v) is 12.3. The van der Waals surface area contributed by atoms with Crippen LogP contribution in [0, 0.1) is 0 Å². The van der Waals surface area contributed by atoms with E-state index < -0.39 is 6.10 Å². The van der Waals surface area contributed by atoms with Crippen LogP contribution in [0.4, 0.5) is 0 Å². The lowest BCUT2D eigenvalue weighted by Crippen LogP contribution is -2.19. The van der Waals surface area contributed by atoms with E-state index in [0.29, 0.717) is 12.8 Å². The molecule has 0 aliphatic heterocycles. The van der Waals surface area contributed by atoms with Crippen LogP contribution in [0.15, 0.2) is 12.2 Å². The van der Waals surface area contributed by atoms with Gasteiger partial charge in [-0.2, -0.15) is 0 Å². The molecule has 0 saturated carbocycles. The number of hydrogen-bond donors (Lipinski definition) is 1. The van der Waals surface area contributed by atoms with Crippen LogP contribution in [0.1, 0.15) is 83.5 Å². The minimum Gasteiger partial charge on any atom is -0.385 e. The standard InChI is InChI=1S/C17H30O2/c18-16-14-12-10-8-6-4-2-1-3-5-7-9-11-13-15-17(16)19/h1-2,16,18H,3-15H2/b2-1+. The fraction of sp³-hybridized carbons (Fsp3) is 0.824. The van der Waals surface area contributed by atoms with Gasteiger partial charge in [0.1, 0.15) is 6.10 Å². The summed E-state index contributed by atoms with van der Waals surface area (Å²) in [7, 11) is 0. The summed E-state index contributed by atoms with van der Waals surface area (Å²) in [5.74, 6) is 0.0611. The third kappa shape index (κ3) is 8.99. The molecule has 1 N–H and O–H groups in total. The van der Waals surface area contributed by atoms with Gasteiger partial charge in [-0.25, -0.2) is 0 Å². The van der Waals surface area contributed by atoms with E-state index in [2.05, 4.69) is 12.2 Å². The van der Waals surface area contributed by atoms with E-state index >= 15 is 0 Å². The molecule has 1 aliphatic carbocycles. The predicted molar refractivity (Wildman–Crippen MR) is 80.2 cm³/mol. The summed E-state index contributed by atoms with van der Waals surface area (Å²) in [6.45, 7) is 0. The van der Waals surface area contributed by atoms with E-state index in [4.69, 9.17) is 0 Å². The average molecular weight is 266 g/mol. The van der Waals surface area contributed by atoms with Crippen LogP contribution in [0.2, 0.25) is 0 Å². The maximum atomic E-state index is 11.7. The summed E-state index contributed by atoms with van der Waals surface area (Å²) >= 11 is 0. The van der Waals surface area contributed by atoms with Crippen molar-refractivity contribution >= 4 is 5.78 Å². The molecular formula is C17H30O2. The van der Waals surface area contributed by atoms with Crippen LogP contribution in [0.25, 0.3) is 0 Å². The second-order valence-electron chi connectivity index (χ2n) is 5.75. The van der Waals surface area contributed by atoms with Gasteiger partial charge in [-0.1, -0.05) is 50.7 Å². The Morgan fingerprint density at radius 2 is 1.32 bits per heavy atom. The Morgan fingerprint density at radius 1 is 0.789 bits per heavy atom. The highest BCUT2D eigenvalue weighted by atomic mass is 16.3. The number of rotatable bonds is 0. The molecule has 19 heavy (non-hydrogen) atoms. The first-order chi connectivity index (χ1) is 9.30. The molecule has 0 aromatic carbocycles. The lowest BCUT2D eigenvalue weighted by atomic mass is 10.0. The van der Waals surface area contributed by atoms with Gasteiger partial charge in [-0.05, 0) is 38.5 Å². The lowest BCUT2D eigenvalue weighted by molar-refractivity contribution is -0.127. The molecule has 1 rings (SSSR count). The van der Waals surface area contributed by atoms with Gasteiger partial charge in [0.05, 0.1) is 0 Å². The normalized spacial score (nSPS) is 27.6. The van der Waals surface area contributed by atoms with Gasteiger partial charge in [0.15, 0.2) is 5.78 Å². The molecule has 0 aromatic heterocycles. The molecule has 0 bridgehead atoms. The van der Waals surface area contributed by atoms with Crippen molar-refractivity contribution in [1.82, 2.24) is 0 Å². The summed E-state index contributed by atoms with van der Waals surface area (Å²) in [6, 6.07) is 0. The zero-order valence-electron chi connectivity index (χ0n) is 12.3. The fourth-order valence-corrected chi connectivity index (χ4v) is 2.61. The molecule has 1 unspecified atom stereocenters. The van der Waals surface area contributed by atoms with Crippen molar-refractivity contribution in [3.63, 3.8) is 0 Å². The first-order valence-corrected chi connectivity index (χ1v) is 8.16. The summed E-state index contributed by atoms with van der Waals surface area (Å²) in [4.78, 5) is 11.7. The van der Waals surface area contributed by atoms with Gasteiger partial charge in [0, 0.05) is 6.42 Å². The Hall–Kier alpha value is -0.630. The van der Waals surface area contributed by atoms with E-state index in [1.165, 1.54) is 44.9 Å². The van der Waals surface area contributed by atoms with Crippen molar-refractivity contribution in [3.05, 3.63) is 12.2 Å². The molecule has 0 fully saturated rings. The second kappa shape index (κ2) is 11.2. The minimum atomic E-state index is -0.699. The number of Topliss-reactive ketones (excluding diaryl/α,β-unsaturated/α-hetero) is 1. The second-order valence-corrected chi connectivity index (χ2v) is 5.75. The zero-order chi connectivity index (χ0) is 13.8. The summed E-state index contributed by atoms with van der Waals surface area (Å²) in [5, 5.41) is 9.77. The van der Waals surface area contributed by atoms with Crippen LogP contribution >= 0.6 is 0 Å². The highest BCUT2D eigenvalue weighted by Gasteiger charge is 2.13. The Bertz CT molecular complexity index is 258. The van der Waals surface area contributed by atoms with E-state index in [1.807, 2.05) is 0 Å². The van der Waals surface area contributed by atoms with E-state index in [1.54, 1.807) is 0 Å². The van der Waals surface area contributed by atoms with Crippen LogP contribution in [0.3, 0.4) is 0 Å². The first-order valence-electron chi connectivity index (χ1n) is 8.16. The average Bonchev–Trinajstić information content (AvgIpc) is 2.41. The molecule has 0 heterocycles. The number of aliphatic hydroxyl groups excluding tert-OH is 1. The molecular weight excluding hydrogens is 236 g/mol. The van der Waals surface area contributed by atoms with Crippen molar-refractivity contribution in [2.24, 2.45) is 0 Å². The summed E-state index contributed by atoms with van der Waals surface area (Å²) in [6.07, 6.45) is 18.0. The molecule has 0 amide bonds. The Kier molecular flexibility index (Phi) is 9.70. The van der Waals surface area contributed by atoms with Crippen molar-refractivity contribution in [2.45, 2.75) is 89.6 Å². The molecule has 0 aromatic rings. The van der Waals surface area contributed by atoms with Crippen molar-refractivity contribution in [2.75, 3.05) is 0 Å². The van der Waals surface area contributed by atoms with Crippen LogP contribution in [-0.2, 0) is 4.79 Å². The van der Waals surface area contributed by atoms with Crippen LogP contribution in [-0.4, -0.2) is 17.0 Å². The quantitative estimate of drug-likeness (QED) is 0.653. The number of allylic oxidation sites excluding steroid dienone is 2. The van der Waals surface area contributed by atoms with Crippen molar-refractivity contribution in [3.8, 4) is 0 Å². The number of carbonyl (C=O) groups excluding carboxylic acids is 1. The highest BCUT2D eigenvalue weighted by Crippen LogP contribution is 2.13. The molecule has 2 heteroatoms. The lowest BCUT2D eigenvalue weighted by Gasteiger charge is -2.09. The third-order valence-corrected chi connectivity index (χ3v) is 3.93. The molecule has 0 radical (unpaired) electrons. The predicted octanol–water partition coefficient (Wildman–Crippen LogP) is 4.56. The number of hydrogen-bond acceptors (Lipinski definition) is 2. The van der Waals surface area contributed by atoms with Crippen LogP contribution in [0.5, 0.6) is 0 Å². The Labute approximate surface area is 118 Å². The topological polar surface area (TPSA) is 37.3 Å². The SMILES string of the molecule is O=C1CCCCCCC/C=C/CCCCCCC1O. The van der Waals surface area contributed by atoms with Crippen molar-refractivity contribution < 1.29 is 9.90 Å². The summed E-state index contributed by atoms with van der Waals surface area (Å²) in [5.41, 5.74) is 0. The number of carbonyl (C=O) groups is 1. The molecule has 0 spiro atoms. The van der Waals surface area contributed by atoms with E-state index in [0.717, 1.165) is 25.7 Å². The van der Waals surface area contributed by atoms with Gasteiger partial charge in [0.25, 0.3) is 0 Å². The summed E-state index contributed by atoms with van der Waals surface area (Å²) < 4.78 is 0. The number of ketones is 1. The largest absolute Gasteiger partial charge is 0.385 e.